The van der Waals surface area contributed by atoms with Crippen LogP contribution in [0.5, 0.6) is 5.75 Å². The van der Waals surface area contributed by atoms with Gasteiger partial charge < -0.3 is 20.1 Å². The van der Waals surface area contributed by atoms with Crippen LogP contribution in [0.4, 0.5) is 5.69 Å². The van der Waals surface area contributed by atoms with Crippen molar-refractivity contribution in [3.63, 3.8) is 0 Å². The fraction of sp³-hybridized carbons (Fsp3) is 0.167. The monoisotopic (exact) mass is 342 g/mol. The standard InChI is InChI=1S/C18H18N2O5/c1-24-18(23)13-7-9-14(10-8-13)20-16(21)11-19-17(22)12-25-15-5-3-2-4-6-15/h2-10H,11-12H2,1H3,(H,19,22)(H,20,21). The average Bonchev–Trinajstić information content (AvgIpc) is 2.65. The number of para-hydroxylation sites is 1. The van der Waals surface area contributed by atoms with Crippen LogP contribution in [0.1, 0.15) is 10.4 Å². The van der Waals surface area contributed by atoms with Gasteiger partial charge in [-0.15, -0.1) is 0 Å². The molecule has 25 heavy (non-hydrogen) atoms. The zero-order chi connectivity index (χ0) is 18.1. The van der Waals surface area contributed by atoms with E-state index in [0.717, 1.165) is 0 Å². The lowest BCUT2D eigenvalue weighted by Gasteiger charge is -2.08. The van der Waals surface area contributed by atoms with Crippen LogP contribution >= 0.6 is 0 Å². The molecular formula is C18H18N2O5. The highest BCUT2D eigenvalue weighted by Gasteiger charge is 2.08. The fourth-order valence-corrected chi connectivity index (χ4v) is 1.91. The number of carbonyl (C=O) groups is 3. The summed E-state index contributed by atoms with van der Waals surface area (Å²) >= 11 is 0. The Bertz CT molecular complexity index is 729. The van der Waals surface area contributed by atoms with Gasteiger partial charge in [0.05, 0.1) is 19.2 Å². The summed E-state index contributed by atoms with van der Waals surface area (Å²) in [5, 5.41) is 5.07. The highest BCUT2D eigenvalue weighted by Crippen LogP contribution is 2.10. The van der Waals surface area contributed by atoms with Crippen LogP contribution in [0.25, 0.3) is 0 Å². The normalized spacial score (nSPS) is 9.80. The summed E-state index contributed by atoms with van der Waals surface area (Å²) in [5.74, 6) is -0.671. The van der Waals surface area contributed by atoms with Crippen molar-refractivity contribution in [2.24, 2.45) is 0 Å². The summed E-state index contributed by atoms with van der Waals surface area (Å²) in [7, 11) is 1.29. The van der Waals surface area contributed by atoms with Gasteiger partial charge in [0, 0.05) is 5.69 Å². The predicted octanol–water partition coefficient (Wildman–Crippen LogP) is 1.61. The number of rotatable bonds is 7. The molecule has 2 N–H and O–H groups in total. The molecule has 130 valence electrons. The molecule has 0 heterocycles. The number of amides is 2. The van der Waals surface area contributed by atoms with E-state index < -0.39 is 11.9 Å². The smallest absolute Gasteiger partial charge is 0.337 e. The van der Waals surface area contributed by atoms with E-state index in [2.05, 4.69) is 15.4 Å². The molecule has 0 atom stereocenters. The highest BCUT2D eigenvalue weighted by atomic mass is 16.5. The Kier molecular flexibility index (Phi) is 6.53. The van der Waals surface area contributed by atoms with E-state index in [0.29, 0.717) is 17.0 Å². The molecule has 2 aromatic carbocycles. The molecule has 0 bridgehead atoms. The summed E-state index contributed by atoms with van der Waals surface area (Å²) in [6.07, 6.45) is 0. The Morgan fingerprint density at radius 2 is 1.60 bits per heavy atom. The molecule has 7 heteroatoms. The van der Waals surface area contributed by atoms with Crippen molar-refractivity contribution < 1.29 is 23.9 Å². The van der Waals surface area contributed by atoms with E-state index in [9.17, 15) is 14.4 Å². The van der Waals surface area contributed by atoms with Gasteiger partial charge in [-0.05, 0) is 36.4 Å². The number of hydrogen-bond donors (Lipinski definition) is 2. The first-order chi connectivity index (χ1) is 12.1. The van der Waals surface area contributed by atoms with E-state index in [-0.39, 0.29) is 19.1 Å². The summed E-state index contributed by atoms with van der Waals surface area (Å²) < 4.78 is 9.87. The Hall–Kier alpha value is -3.35. The van der Waals surface area contributed by atoms with Crippen molar-refractivity contribution in [2.45, 2.75) is 0 Å². The van der Waals surface area contributed by atoms with E-state index >= 15 is 0 Å². The summed E-state index contributed by atoms with van der Waals surface area (Å²) in [4.78, 5) is 34.8. The molecule has 0 aliphatic rings. The summed E-state index contributed by atoms with van der Waals surface area (Å²) in [6.45, 7) is -0.360. The third kappa shape index (κ3) is 5.98. The minimum Gasteiger partial charge on any atom is -0.484 e. The molecule has 0 saturated carbocycles. The molecular weight excluding hydrogens is 324 g/mol. The molecule has 2 amide bonds. The van der Waals surface area contributed by atoms with Crippen molar-refractivity contribution in [1.29, 1.82) is 0 Å². The van der Waals surface area contributed by atoms with E-state index in [4.69, 9.17) is 4.74 Å². The molecule has 2 rings (SSSR count). The van der Waals surface area contributed by atoms with Crippen LogP contribution < -0.4 is 15.4 Å². The third-order valence-electron chi connectivity index (χ3n) is 3.15. The average molecular weight is 342 g/mol. The zero-order valence-corrected chi connectivity index (χ0v) is 13.7. The second kappa shape index (κ2) is 9.07. The zero-order valence-electron chi connectivity index (χ0n) is 13.7. The van der Waals surface area contributed by atoms with Gasteiger partial charge in [0.25, 0.3) is 5.91 Å². The molecule has 0 saturated heterocycles. The first-order valence-electron chi connectivity index (χ1n) is 7.51. The Morgan fingerprint density at radius 1 is 0.920 bits per heavy atom. The van der Waals surface area contributed by atoms with Crippen LogP contribution in [0.2, 0.25) is 0 Å². The molecule has 0 spiro atoms. The van der Waals surface area contributed by atoms with Gasteiger partial charge in [-0.25, -0.2) is 4.79 Å². The van der Waals surface area contributed by atoms with Gasteiger partial charge in [0.1, 0.15) is 5.75 Å². The SMILES string of the molecule is COC(=O)c1ccc(NC(=O)CNC(=O)COc2ccccc2)cc1. The van der Waals surface area contributed by atoms with Crippen molar-refractivity contribution in [3.8, 4) is 5.75 Å². The lowest BCUT2D eigenvalue weighted by atomic mass is 10.2. The predicted molar refractivity (Wildman–Crippen MR) is 91.4 cm³/mol. The second-order valence-electron chi connectivity index (χ2n) is 5.00. The summed E-state index contributed by atoms with van der Waals surface area (Å²) in [6, 6.07) is 15.1. The highest BCUT2D eigenvalue weighted by molar-refractivity contribution is 5.95. The first kappa shape index (κ1) is 18.0. The number of esters is 1. The fourth-order valence-electron chi connectivity index (χ4n) is 1.91. The van der Waals surface area contributed by atoms with Crippen LogP contribution in [0.15, 0.2) is 54.6 Å². The maximum Gasteiger partial charge on any atom is 0.337 e. The minimum atomic E-state index is -0.455. The van der Waals surface area contributed by atoms with Crippen molar-refractivity contribution in [1.82, 2.24) is 5.32 Å². The topological polar surface area (TPSA) is 93.7 Å². The lowest BCUT2D eigenvalue weighted by Crippen LogP contribution is -2.35. The van der Waals surface area contributed by atoms with Crippen molar-refractivity contribution in [2.75, 3.05) is 25.6 Å². The van der Waals surface area contributed by atoms with Crippen molar-refractivity contribution in [3.05, 3.63) is 60.2 Å². The molecule has 0 unspecified atom stereocenters. The number of benzene rings is 2. The summed E-state index contributed by atoms with van der Waals surface area (Å²) in [5.41, 5.74) is 0.888. The van der Waals surface area contributed by atoms with Gasteiger partial charge in [0.15, 0.2) is 6.61 Å². The molecule has 7 nitrogen and oxygen atoms in total. The minimum absolute atomic E-state index is 0.175. The number of methoxy groups -OCH3 is 1. The molecule has 0 fully saturated rings. The quantitative estimate of drug-likeness (QED) is 0.746. The molecule has 0 radical (unpaired) electrons. The molecule has 0 aliphatic heterocycles. The van der Waals surface area contributed by atoms with E-state index in [1.165, 1.54) is 19.2 Å². The third-order valence-corrected chi connectivity index (χ3v) is 3.15. The first-order valence-corrected chi connectivity index (χ1v) is 7.51. The molecule has 0 aliphatic carbocycles. The second-order valence-corrected chi connectivity index (χ2v) is 5.00. The van der Waals surface area contributed by atoms with Gasteiger partial charge in [-0.2, -0.15) is 0 Å². The largest absolute Gasteiger partial charge is 0.484 e. The van der Waals surface area contributed by atoms with Crippen molar-refractivity contribution >= 4 is 23.5 Å². The van der Waals surface area contributed by atoms with E-state index in [1.54, 1.807) is 36.4 Å². The van der Waals surface area contributed by atoms with Crippen LogP contribution in [-0.2, 0) is 14.3 Å². The van der Waals surface area contributed by atoms with E-state index in [1.807, 2.05) is 6.07 Å². The van der Waals surface area contributed by atoms with Crippen LogP contribution in [-0.4, -0.2) is 38.0 Å². The molecule has 2 aromatic rings. The van der Waals surface area contributed by atoms with Crippen LogP contribution in [0.3, 0.4) is 0 Å². The lowest BCUT2D eigenvalue weighted by molar-refractivity contribution is -0.125. The number of carbonyl (C=O) groups excluding carboxylic acids is 3. The van der Waals surface area contributed by atoms with Gasteiger partial charge >= 0.3 is 5.97 Å². The Labute approximate surface area is 144 Å². The number of anilines is 1. The number of ether oxygens (including phenoxy) is 2. The van der Waals surface area contributed by atoms with Crippen LogP contribution in [0, 0.1) is 0 Å². The van der Waals surface area contributed by atoms with Gasteiger partial charge in [-0.3, -0.25) is 9.59 Å². The number of nitrogens with one attached hydrogen (secondary N) is 2. The van der Waals surface area contributed by atoms with Gasteiger partial charge in [0.2, 0.25) is 5.91 Å². The number of hydrogen-bond acceptors (Lipinski definition) is 5. The molecule has 0 aromatic heterocycles. The Balaban J connectivity index is 1.73. The Morgan fingerprint density at radius 3 is 2.24 bits per heavy atom. The maximum absolute atomic E-state index is 11.8. The maximum atomic E-state index is 11.8. The van der Waals surface area contributed by atoms with Gasteiger partial charge in [-0.1, -0.05) is 18.2 Å².